The second-order valence-electron chi connectivity index (χ2n) is 8.57. The molecule has 1 aromatic rings. The van der Waals surface area contributed by atoms with Crippen molar-refractivity contribution in [2.24, 2.45) is 0 Å². The van der Waals surface area contributed by atoms with Crippen LogP contribution in [0.4, 0.5) is 18.0 Å². The third-order valence-corrected chi connectivity index (χ3v) is 7.00. The van der Waals surface area contributed by atoms with Crippen LogP contribution in [0.15, 0.2) is 24.3 Å². The van der Waals surface area contributed by atoms with Crippen LogP contribution in [0.2, 0.25) is 0 Å². The fraction of sp³-hybridized carbons (Fsp3) is 0.667. The molecule has 0 spiro atoms. The molecule has 1 aliphatic heterocycles. The predicted molar refractivity (Wildman–Crippen MR) is 112 cm³/mol. The Hall–Kier alpha value is -1.85. The maximum absolute atomic E-state index is 13.3. The van der Waals surface area contributed by atoms with Crippen molar-refractivity contribution in [3.63, 3.8) is 0 Å². The Bertz CT molecular complexity index is 901. The molecule has 2 fully saturated rings. The summed E-state index contributed by atoms with van der Waals surface area (Å²) in [6, 6.07) is 4.41. The van der Waals surface area contributed by atoms with E-state index in [1.165, 1.54) is 17.0 Å². The van der Waals surface area contributed by atoms with E-state index >= 15 is 0 Å². The highest BCUT2D eigenvalue weighted by Gasteiger charge is 2.38. The number of rotatable bonds is 6. The maximum atomic E-state index is 13.3. The average molecular weight is 479 g/mol. The van der Waals surface area contributed by atoms with Gasteiger partial charge in [-0.15, -0.1) is 0 Å². The Balaban J connectivity index is 1.61. The smallest absolute Gasteiger partial charge is 0.416 e. The molecule has 0 unspecified atom stereocenters. The number of benzene rings is 1. The van der Waals surface area contributed by atoms with Gasteiger partial charge in [0.05, 0.1) is 30.6 Å². The van der Waals surface area contributed by atoms with Gasteiger partial charge >= 0.3 is 12.3 Å². The van der Waals surface area contributed by atoms with E-state index in [1.807, 2.05) is 0 Å². The van der Waals surface area contributed by atoms with Crippen molar-refractivity contribution in [3.8, 4) is 0 Å². The molecule has 1 aromatic carbocycles. The van der Waals surface area contributed by atoms with Crippen LogP contribution in [0.1, 0.15) is 55.6 Å². The molecule has 1 saturated carbocycles. The van der Waals surface area contributed by atoms with Gasteiger partial charge in [0.25, 0.3) is 0 Å². The second kappa shape index (κ2) is 9.96. The van der Waals surface area contributed by atoms with Gasteiger partial charge < -0.3 is 14.7 Å². The molecular formula is C21H29F3N2O5S. The summed E-state index contributed by atoms with van der Waals surface area (Å²) in [5.74, 6) is -0.211. The van der Waals surface area contributed by atoms with Crippen molar-refractivity contribution < 1.29 is 36.2 Å². The highest BCUT2D eigenvalue weighted by Crippen LogP contribution is 2.41. The number of piperidine rings is 1. The van der Waals surface area contributed by atoms with Crippen LogP contribution >= 0.6 is 0 Å². The molecule has 0 aromatic heterocycles. The first-order chi connectivity index (χ1) is 15.0. The number of alkyl halides is 3. The van der Waals surface area contributed by atoms with E-state index in [0.29, 0.717) is 50.6 Å². The van der Waals surface area contributed by atoms with E-state index < -0.39 is 39.9 Å². The zero-order valence-electron chi connectivity index (χ0n) is 17.8. The minimum absolute atomic E-state index is 0.0357. The van der Waals surface area contributed by atoms with E-state index in [0.717, 1.165) is 12.3 Å². The number of carboxylic acid groups (broad SMARTS) is 1. The lowest BCUT2D eigenvalue weighted by Gasteiger charge is -2.40. The predicted octanol–water partition coefficient (Wildman–Crippen LogP) is 3.81. The van der Waals surface area contributed by atoms with Gasteiger partial charge in [-0.05, 0) is 56.1 Å². The van der Waals surface area contributed by atoms with E-state index in [1.54, 1.807) is 6.07 Å². The highest BCUT2D eigenvalue weighted by atomic mass is 32.2. The molecule has 0 radical (unpaired) electrons. The Labute approximate surface area is 186 Å². The number of ether oxygens (including phenoxy) is 1. The van der Waals surface area contributed by atoms with E-state index in [2.05, 4.69) is 4.72 Å². The quantitative estimate of drug-likeness (QED) is 0.648. The fourth-order valence-electron chi connectivity index (χ4n) is 4.80. The van der Waals surface area contributed by atoms with Crippen LogP contribution in [0, 0.1) is 0 Å². The van der Waals surface area contributed by atoms with Crippen molar-refractivity contribution in [3.05, 3.63) is 35.4 Å². The molecule has 1 saturated heterocycles. The van der Waals surface area contributed by atoms with Crippen LogP contribution in [-0.4, -0.2) is 62.1 Å². The molecule has 32 heavy (non-hydrogen) atoms. The minimum atomic E-state index is -4.40. The zero-order chi connectivity index (χ0) is 23.5. The fourth-order valence-corrected chi connectivity index (χ4v) is 5.62. The number of likely N-dealkylation sites (tertiary alicyclic amines) is 1. The first-order valence-electron chi connectivity index (χ1n) is 10.7. The standard InChI is InChI=1S/C21H29F3N2O5S/c1-32(29,30)25-18-7-4-12-26(20(27)28)19(18)13-31-15-10-8-14(9-11-15)16-5-2-3-6-17(16)21(22,23)24/h2-3,5-6,14-15,18-19,25H,4,7-13H2,1H3,(H,27,28)/t14-,15+,18-,19-/m0/s1. The molecule has 1 aliphatic carbocycles. The Morgan fingerprint density at radius 1 is 1.19 bits per heavy atom. The molecule has 1 amide bonds. The zero-order valence-corrected chi connectivity index (χ0v) is 18.7. The first-order valence-corrected chi connectivity index (χ1v) is 12.6. The molecule has 180 valence electrons. The normalized spacial score (nSPS) is 27.3. The molecule has 2 atom stereocenters. The number of halogens is 3. The largest absolute Gasteiger partial charge is 0.465 e. The third kappa shape index (κ3) is 6.35. The Morgan fingerprint density at radius 2 is 1.84 bits per heavy atom. The molecular weight excluding hydrogens is 449 g/mol. The Morgan fingerprint density at radius 3 is 2.44 bits per heavy atom. The van der Waals surface area contributed by atoms with Crippen molar-refractivity contribution in [1.29, 1.82) is 0 Å². The number of amides is 1. The van der Waals surface area contributed by atoms with E-state index in [4.69, 9.17) is 4.74 Å². The highest BCUT2D eigenvalue weighted by molar-refractivity contribution is 7.88. The number of nitrogens with one attached hydrogen (secondary N) is 1. The number of sulfonamides is 1. The number of hydrogen-bond acceptors (Lipinski definition) is 4. The van der Waals surface area contributed by atoms with Crippen LogP contribution < -0.4 is 4.72 Å². The van der Waals surface area contributed by atoms with Gasteiger partial charge in [0.15, 0.2) is 0 Å². The third-order valence-electron chi connectivity index (χ3n) is 6.27. The van der Waals surface area contributed by atoms with Crippen molar-refractivity contribution in [2.75, 3.05) is 19.4 Å². The molecule has 1 heterocycles. The summed E-state index contributed by atoms with van der Waals surface area (Å²) in [6.45, 7) is 0.334. The molecule has 7 nitrogen and oxygen atoms in total. The maximum Gasteiger partial charge on any atom is 0.416 e. The van der Waals surface area contributed by atoms with Crippen LogP contribution in [0.3, 0.4) is 0 Å². The van der Waals surface area contributed by atoms with Gasteiger partial charge in [0, 0.05) is 12.6 Å². The average Bonchev–Trinajstić information content (AvgIpc) is 2.71. The topological polar surface area (TPSA) is 95.9 Å². The van der Waals surface area contributed by atoms with Crippen LogP contribution in [-0.2, 0) is 20.9 Å². The molecule has 3 rings (SSSR count). The van der Waals surface area contributed by atoms with Gasteiger partial charge in [-0.25, -0.2) is 17.9 Å². The molecule has 11 heteroatoms. The lowest BCUT2D eigenvalue weighted by Crippen LogP contribution is -2.58. The van der Waals surface area contributed by atoms with Crippen molar-refractivity contribution >= 4 is 16.1 Å². The van der Waals surface area contributed by atoms with Crippen molar-refractivity contribution in [2.45, 2.75) is 68.8 Å². The van der Waals surface area contributed by atoms with E-state index in [-0.39, 0.29) is 18.6 Å². The monoisotopic (exact) mass is 478 g/mol. The summed E-state index contributed by atoms with van der Waals surface area (Å²) in [7, 11) is -3.52. The lowest BCUT2D eigenvalue weighted by atomic mass is 9.81. The van der Waals surface area contributed by atoms with Gasteiger partial charge in [0.1, 0.15) is 0 Å². The summed E-state index contributed by atoms with van der Waals surface area (Å²) >= 11 is 0. The van der Waals surface area contributed by atoms with Crippen LogP contribution in [0.25, 0.3) is 0 Å². The molecule has 2 aliphatic rings. The van der Waals surface area contributed by atoms with Gasteiger partial charge in [-0.1, -0.05) is 18.2 Å². The number of carbonyl (C=O) groups is 1. The van der Waals surface area contributed by atoms with Gasteiger partial charge in [0.2, 0.25) is 10.0 Å². The SMILES string of the molecule is CS(=O)(=O)N[C@H]1CCCN(C(=O)O)[C@H]1CO[C@H]1CC[C@@H](c2ccccc2C(F)(F)F)CC1. The number of nitrogens with zero attached hydrogens (tertiary/aromatic N) is 1. The van der Waals surface area contributed by atoms with Crippen molar-refractivity contribution in [1.82, 2.24) is 9.62 Å². The number of hydrogen-bond donors (Lipinski definition) is 2. The molecule has 0 bridgehead atoms. The summed E-state index contributed by atoms with van der Waals surface area (Å²) in [6.07, 6.45) is -1.47. The summed E-state index contributed by atoms with van der Waals surface area (Å²) in [5, 5.41) is 9.52. The summed E-state index contributed by atoms with van der Waals surface area (Å²) in [5.41, 5.74) is -0.293. The van der Waals surface area contributed by atoms with Gasteiger partial charge in [-0.2, -0.15) is 13.2 Å². The minimum Gasteiger partial charge on any atom is -0.465 e. The van der Waals surface area contributed by atoms with Gasteiger partial charge in [-0.3, -0.25) is 0 Å². The summed E-state index contributed by atoms with van der Waals surface area (Å²) < 4.78 is 71.9. The van der Waals surface area contributed by atoms with Crippen LogP contribution in [0.5, 0.6) is 0 Å². The Kier molecular flexibility index (Phi) is 7.72. The lowest BCUT2D eigenvalue weighted by molar-refractivity contribution is -0.138. The van der Waals surface area contributed by atoms with E-state index in [9.17, 15) is 31.5 Å². The first kappa shape index (κ1) is 24.8. The molecule has 2 N–H and O–H groups in total. The second-order valence-corrected chi connectivity index (χ2v) is 10.4. The summed E-state index contributed by atoms with van der Waals surface area (Å²) in [4.78, 5) is 12.8.